The highest BCUT2D eigenvalue weighted by Crippen LogP contribution is 2.29. The van der Waals surface area contributed by atoms with E-state index in [-0.39, 0.29) is 11.7 Å². The summed E-state index contributed by atoms with van der Waals surface area (Å²) >= 11 is 0. The van der Waals surface area contributed by atoms with E-state index in [1.54, 1.807) is 48.3 Å². The van der Waals surface area contributed by atoms with Gasteiger partial charge in [0, 0.05) is 16.7 Å². The van der Waals surface area contributed by atoms with Crippen LogP contribution in [0.2, 0.25) is 0 Å². The van der Waals surface area contributed by atoms with Crippen molar-refractivity contribution in [2.45, 2.75) is 0 Å². The lowest BCUT2D eigenvalue weighted by Gasteiger charge is -2.08. The van der Waals surface area contributed by atoms with Crippen molar-refractivity contribution in [2.75, 3.05) is 7.11 Å². The maximum Gasteiger partial charge on any atom is 0.129 e. The summed E-state index contributed by atoms with van der Waals surface area (Å²) < 4.78 is 7.00. The predicted molar refractivity (Wildman–Crippen MR) is 95.4 cm³/mol. The van der Waals surface area contributed by atoms with Crippen LogP contribution in [0.15, 0.2) is 48.7 Å². The largest absolute Gasteiger partial charge is 0.496 e. The number of benzene rings is 2. The lowest BCUT2D eigenvalue weighted by atomic mass is 10.1. The number of ether oxygens (including phenoxy) is 1. The Hall–Kier alpha value is -3.68. The molecule has 0 unspecified atom stereocenters. The van der Waals surface area contributed by atoms with Gasteiger partial charge in [-0.15, -0.1) is 5.10 Å². The molecule has 0 aliphatic heterocycles. The molecule has 25 heavy (non-hydrogen) atoms. The monoisotopic (exact) mass is 335 g/mol. The summed E-state index contributed by atoms with van der Waals surface area (Å²) in [7, 11) is 1.55. The Morgan fingerprint density at radius 1 is 1.00 bits per heavy atom. The number of hydrogen-bond acceptors (Lipinski definition) is 5. The van der Waals surface area contributed by atoms with Crippen molar-refractivity contribution in [3.05, 3.63) is 59.8 Å². The maximum absolute atomic E-state index is 7.51. The fourth-order valence-electron chi connectivity index (χ4n) is 2.38. The molecule has 8 nitrogen and oxygen atoms in total. The third kappa shape index (κ3) is 3.18. The molecule has 0 saturated heterocycles. The van der Waals surface area contributed by atoms with E-state index in [9.17, 15) is 0 Å². The van der Waals surface area contributed by atoms with Gasteiger partial charge in [-0.1, -0.05) is 11.3 Å². The molecule has 0 atom stereocenters. The van der Waals surface area contributed by atoms with Crippen molar-refractivity contribution in [1.29, 1.82) is 10.8 Å². The molecular weight excluding hydrogens is 318 g/mol. The Balaban J connectivity index is 1.96. The minimum absolute atomic E-state index is 0.0149. The van der Waals surface area contributed by atoms with Crippen molar-refractivity contribution in [2.24, 2.45) is 11.5 Å². The molecule has 8 heteroatoms. The number of aromatic nitrogens is 3. The van der Waals surface area contributed by atoms with Gasteiger partial charge in [-0.25, -0.2) is 4.68 Å². The quantitative estimate of drug-likeness (QED) is 0.413. The van der Waals surface area contributed by atoms with Crippen LogP contribution in [0.25, 0.3) is 16.9 Å². The summed E-state index contributed by atoms with van der Waals surface area (Å²) in [5, 5.41) is 23.3. The number of nitrogens with two attached hydrogens (primary N) is 2. The van der Waals surface area contributed by atoms with Gasteiger partial charge >= 0.3 is 0 Å². The van der Waals surface area contributed by atoms with E-state index in [0.29, 0.717) is 22.6 Å². The highest BCUT2D eigenvalue weighted by atomic mass is 16.5. The first-order valence-electron chi connectivity index (χ1n) is 7.39. The molecule has 2 aromatic carbocycles. The van der Waals surface area contributed by atoms with Gasteiger partial charge in [0.25, 0.3) is 0 Å². The highest BCUT2D eigenvalue weighted by Gasteiger charge is 2.12. The van der Waals surface area contributed by atoms with Gasteiger partial charge in [-0.2, -0.15) is 0 Å². The Labute approximate surface area is 144 Å². The van der Waals surface area contributed by atoms with Crippen molar-refractivity contribution in [3.63, 3.8) is 0 Å². The average Bonchev–Trinajstić information content (AvgIpc) is 3.11. The third-order valence-corrected chi connectivity index (χ3v) is 3.72. The molecule has 0 spiro atoms. The SMILES string of the molecule is COc1cc(C(=N)N)ccc1-c1cn(-c2ccc(C(=N)N)cc2)nn1. The topological polar surface area (TPSA) is 140 Å². The van der Waals surface area contributed by atoms with E-state index >= 15 is 0 Å². The van der Waals surface area contributed by atoms with E-state index in [1.165, 1.54) is 0 Å². The van der Waals surface area contributed by atoms with Crippen LogP contribution in [0, 0.1) is 10.8 Å². The molecule has 3 rings (SSSR count). The van der Waals surface area contributed by atoms with Gasteiger partial charge in [0.15, 0.2) is 0 Å². The average molecular weight is 335 g/mol. The summed E-state index contributed by atoms with van der Waals surface area (Å²) in [5.41, 5.74) is 14.4. The van der Waals surface area contributed by atoms with Crippen molar-refractivity contribution < 1.29 is 4.74 Å². The van der Waals surface area contributed by atoms with E-state index in [4.69, 9.17) is 27.0 Å². The second-order valence-corrected chi connectivity index (χ2v) is 5.34. The van der Waals surface area contributed by atoms with E-state index in [0.717, 1.165) is 11.3 Å². The van der Waals surface area contributed by atoms with Crippen LogP contribution < -0.4 is 16.2 Å². The molecule has 0 aliphatic carbocycles. The second kappa shape index (κ2) is 6.44. The van der Waals surface area contributed by atoms with Gasteiger partial charge in [0.1, 0.15) is 23.1 Å². The number of amidine groups is 2. The maximum atomic E-state index is 7.51. The van der Waals surface area contributed by atoms with Gasteiger partial charge < -0.3 is 16.2 Å². The van der Waals surface area contributed by atoms with Gasteiger partial charge in [0.2, 0.25) is 0 Å². The Kier molecular flexibility index (Phi) is 4.17. The molecule has 6 N–H and O–H groups in total. The smallest absolute Gasteiger partial charge is 0.129 e. The van der Waals surface area contributed by atoms with E-state index in [1.807, 2.05) is 12.1 Å². The predicted octanol–water partition coefficient (Wildman–Crippen LogP) is 1.51. The number of nitrogens with one attached hydrogen (secondary N) is 2. The van der Waals surface area contributed by atoms with Crippen LogP contribution in [0.3, 0.4) is 0 Å². The Bertz CT molecular complexity index is 944. The molecule has 1 aromatic heterocycles. The molecule has 0 bridgehead atoms. The Morgan fingerprint density at radius 3 is 2.24 bits per heavy atom. The van der Waals surface area contributed by atoms with Crippen LogP contribution in [-0.4, -0.2) is 33.8 Å². The molecule has 126 valence electrons. The van der Waals surface area contributed by atoms with Crippen molar-refractivity contribution in [1.82, 2.24) is 15.0 Å². The Morgan fingerprint density at radius 2 is 1.64 bits per heavy atom. The van der Waals surface area contributed by atoms with E-state index in [2.05, 4.69) is 10.3 Å². The van der Waals surface area contributed by atoms with Gasteiger partial charge in [-0.05, 0) is 36.4 Å². The van der Waals surface area contributed by atoms with Crippen LogP contribution in [0.5, 0.6) is 5.75 Å². The first kappa shape index (κ1) is 16.2. The van der Waals surface area contributed by atoms with Crippen LogP contribution >= 0.6 is 0 Å². The van der Waals surface area contributed by atoms with Gasteiger partial charge in [-0.3, -0.25) is 10.8 Å². The summed E-state index contributed by atoms with van der Waals surface area (Å²) in [6, 6.07) is 12.3. The lowest BCUT2D eigenvalue weighted by Crippen LogP contribution is -2.11. The number of methoxy groups -OCH3 is 1. The van der Waals surface area contributed by atoms with Crippen LogP contribution in [-0.2, 0) is 0 Å². The summed E-state index contributed by atoms with van der Waals surface area (Å²) in [6.45, 7) is 0. The molecular formula is C17H17N7O. The lowest BCUT2D eigenvalue weighted by molar-refractivity contribution is 0.416. The van der Waals surface area contributed by atoms with Crippen LogP contribution in [0.1, 0.15) is 11.1 Å². The molecule has 0 amide bonds. The molecule has 3 aromatic rings. The summed E-state index contributed by atoms with van der Waals surface area (Å²) in [6.07, 6.45) is 1.77. The zero-order valence-corrected chi connectivity index (χ0v) is 13.5. The molecule has 0 fully saturated rings. The fourth-order valence-corrected chi connectivity index (χ4v) is 2.38. The summed E-state index contributed by atoms with van der Waals surface area (Å²) in [5.74, 6) is 0.548. The molecule has 0 radical (unpaired) electrons. The van der Waals surface area contributed by atoms with Crippen molar-refractivity contribution in [3.8, 4) is 22.7 Å². The minimum atomic E-state index is -0.0286. The number of hydrogen-bond donors (Lipinski definition) is 4. The first-order valence-corrected chi connectivity index (χ1v) is 7.39. The number of rotatable bonds is 5. The minimum Gasteiger partial charge on any atom is -0.496 e. The first-order chi connectivity index (χ1) is 12.0. The van der Waals surface area contributed by atoms with Gasteiger partial charge in [0.05, 0.1) is 19.0 Å². The zero-order chi connectivity index (χ0) is 18.0. The number of nitrogen functional groups attached to an aromatic ring is 2. The number of nitrogens with zero attached hydrogens (tertiary/aromatic N) is 3. The summed E-state index contributed by atoms with van der Waals surface area (Å²) in [4.78, 5) is 0. The molecule has 0 saturated carbocycles. The normalized spacial score (nSPS) is 10.4. The second-order valence-electron chi connectivity index (χ2n) is 5.34. The standard InChI is InChI=1S/C17H17N7O/c1-25-15-8-11(17(20)21)4-7-13(15)14-9-24(23-22-14)12-5-2-10(3-6-12)16(18)19/h2-9H,1H3,(H3,18,19)(H3,20,21). The van der Waals surface area contributed by atoms with Crippen LogP contribution in [0.4, 0.5) is 0 Å². The van der Waals surface area contributed by atoms with E-state index < -0.39 is 0 Å². The molecule has 1 heterocycles. The van der Waals surface area contributed by atoms with Crippen molar-refractivity contribution >= 4 is 11.7 Å². The third-order valence-electron chi connectivity index (χ3n) is 3.72. The fraction of sp³-hybridized carbons (Fsp3) is 0.0588. The zero-order valence-electron chi connectivity index (χ0n) is 13.5. The highest BCUT2D eigenvalue weighted by molar-refractivity contribution is 5.96. The molecule has 0 aliphatic rings.